The van der Waals surface area contributed by atoms with Crippen molar-refractivity contribution in [3.63, 3.8) is 0 Å². The summed E-state index contributed by atoms with van der Waals surface area (Å²) < 4.78 is 0. The van der Waals surface area contributed by atoms with Crippen molar-refractivity contribution in [1.29, 1.82) is 0 Å². The van der Waals surface area contributed by atoms with Gasteiger partial charge in [0.15, 0.2) is 0 Å². The average Bonchev–Trinajstić information content (AvgIpc) is 2.69. The summed E-state index contributed by atoms with van der Waals surface area (Å²) >= 11 is 0. The van der Waals surface area contributed by atoms with E-state index in [0.717, 1.165) is 12.8 Å². The summed E-state index contributed by atoms with van der Waals surface area (Å²) in [6.07, 6.45) is 2.04. The van der Waals surface area contributed by atoms with Crippen LogP contribution < -0.4 is 0 Å². The third kappa shape index (κ3) is 0.830. The molecule has 0 radical (unpaired) electrons. The SMILES string of the molecule is CC1(C)[C@H]2CC[C@H]1[C@H]1C(=O)N(O)C(=O)[C@@H]12. The molecule has 2 saturated carbocycles. The van der Waals surface area contributed by atoms with Crippen LogP contribution in [0.5, 0.6) is 0 Å². The second-order valence-electron chi connectivity index (χ2n) is 5.65. The summed E-state index contributed by atoms with van der Waals surface area (Å²) in [5, 5.41) is 9.70. The molecule has 4 heteroatoms. The van der Waals surface area contributed by atoms with E-state index in [1.807, 2.05) is 0 Å². The maximum atomic E-state index is 11.7. The van der Waals surface area contributed by atoms with E-state index in [9.17, 15) is 14.8 Å². The predicted octanol–water partition coefficient (Wildman–Crippen LogP) is 1.04. The summed E-state index contributed by atoms with van der Waals surface area (Å²) in [4.78, 5) is 23.5. The van der Waals surface area contributed by atoms with Crippen LogP contribution in [0, 0.1) is 29.1 Å². The van der Waals surface area contributed by atoms with E-state index in [2.05, 4.69) is 13.8 Å². The lowest BCUT2D eigenvalue weighted by Gasteiger charge is -2.26. The number of fused-ring (bicyclic) bond motifs is 5. The van der Waals surface area contributed by atoms with Crippen LogP contribution in [0.3, 0.4) is 0 Å². The van der Waals surface area contributed by atoms with Crippen LogP contribution in [-0.4, -0.2) is 22.1 Å². The first kappa shape index (κ1) is 9.33. The molecule has 3 fully saturated rings. The predicted molar refractivity (Wildman–Crippen MR) is 50.6 cm³/mol. The van der Waals surface area contributed by atoms with Crippen LogP contribution in [0.15, 0.2) is 0 Å². The van der Waals surface area contributed by atoms with Gasteiger partial charge in [-0.25, -0.2) is 0 Å². The van der Waals surface area contributed by atoms with Crippen molar-refractivity contribution in [2.45, 2.75) is 26.7 Å². The summed E-state index contributed by atoms with van der Waals surface area (Å²) in [6.45, 7) is 4.30. The number of rotatable bonds is 0. The van der Waals surface area contributed by atoms with Gasteiger partial charge in [0.05, 0.1) is 11.8 Å². The Morgan fingerprint density at radius 1 is 1.13 bits per heavy atom. The summed E-state index contributed by atoms with van der Waals surface area (Å²) in [7, 11) is 0. The summed E-state index contributed by atoms with van der Waals surface area (Å²) in [6, 6.07) is 0. The lowest BCUT2D eigenvalue weighted by atomic mass is 9.80. The highest BCUT2D eigenvalue weighted by molar-refractivity contribution is 6.04. The highest BCUT2D eigenvalue weighted by Crippen LogP contribution is 2.65. The van der Waals surface area contributed by atoms with Crippen LogP contribution in [0.4, 0.5) is 0 Å². The van der Waals surface area contributed by atoms with Gasteiger partial charge < -0.3 is 0 Å². The van der Waals surface area contributed by atoms with Gasteiger partial charge in [0.25, 0.3) is 11.8 Å². The van der Waals surface area contributed by atoms with Gasteiger partial charge in [0.2, 0.25) is 0 Å². The number of hydroxylamine groups is 2. The van der Waals surface area contributed by atoms with E-state index in [4.69, 9.17) is 0 Å². The second-order valence-corrected chi connectivity index (χ2v) is 5.65. The fourth-order valence-corrected chi connectivity index (χ4v) is 4.21. The molecule has 0 aromatic heterocycles. The minimum absolute atomic E-state index is 0.0852. The molecule has 2 amide bonds. The number of imide groups is 1. The zero-order chi connectivity index (χ0) is 11.0. The van der Waals surface area contributed by atoms with E-state index in [0.29, 0.717) is 5.06 Å². The molecule has 15 heavy (non-hydrogen) atoms. The molecule has 4 nitrogen and oxygen atoms in total. The Morgan fingerprint density at radius 3 is 1.93 bits per heavy atom. The van der Waals surface area contributed by atoms with Gasteiger partial charge in [0, 0.05) is 0 Å². The second kappa shape index (κ2) is 2.43. The zero-order valence-corrected chi connectivity index (χ0v) is 8.93. The smallest absolute Gasteiger partial charge is 0.257 e. The Morgan fingerprint density at radius 2 is 1.53 bits per heavy atom. The van der Waals surface area contributed by atoms with Crippen LogP contribution in [0.2, 0.25) is 0 Å². The Labute approximate surface area is 88.2 Å². The van der Waals surface area contributed by atoms with E-state index in [1.54, 1.807) is 0 Å². The molecule has 82 valence electrons. The molecular formula is C11H15NO3. The van der Waals surface area contributed by atoms with Crippen molar-refractivity contribution in [3.05, 3.63) is 0 Å². The Balaban J connectivity index is 2.08. The Hall–Kier alpha value is -0.900. The minimum atomic E-state index is -0.370. The van der Waals surface area contributed by atoms with E-state index in [1.165, 1.54) is 0 Å². The monoisotopic (exact) mass is 209 g/mol. The van der Waals surface area contributed by atoms with Crippen molar-refractivity contribution < 1.29 is 14.8 Å². The van der Waals surface area contributed by atoms with Crippen molar-refractivity contribution in [3.8, 4) is 0 Å². The zero-order valence-electron chi connectivity index (χ0n) is 8.93. The van der Waals surface area contributed by atoms with Crippen molar-refractivity contribution in [2.24, 2.45) is 29.1 Å². The average molecular weight is 209 g/mol. The molecule has 3 rings (SSSR count). The molecular weight excluding hydrogens is 194 g/mol. The molecule has 2 aliphatic carbocycles. The van der Waals surface area contributed by atoms with Gasteiger partial charge in [-0.2, -0.15) is 5.06 Å². The van der Waals surface area contributed by atoms with Crippen LogP contribution in [-0.2, 0) is 9.59 Å². The first-order valence-corrected chi connectivity index (χ1v) is 5.53. The van der Waals surface area contributed by atoms with Crippen molar-refractivity contribution in [2.75, 3.05) is 0 Å². The van der Waals surface area contributed by atoms with E-state index in [-0.39, 0.29) is 40.9 Å². The van der Waals surface area contributed by atoms with Crippen LogP contribution in [0.25, 0.3) is 0 Å². The number of hydrogen-bond acceptors (Lipinski definition) is 3. The number of nitrogens with zero attached hydrogens (tertiary/aromatic N) is 1. The van der Waals surface area contributed by atoms with Gasteiger partial charge in [-0.1, -0.05) is 13.8 Å². The molecule has 2 bridgehead atoms. The molecule has 1 heterocycles. The van der Waals surface area contributed by atoms with Crippen molar-refractivity contribution >= 4 is 11.8 Å². The van der Waals surface area contributed by atoms with Gasteiger partial charge in [0.1, 0.15) is 0 Å². The lowest BCUT2D eigenvalue weighted by Crippen LogP contribution is -2.33. The fraction of sp³-hybridized carbons (Fsp3) is 0.818. The Kier molecular flexibility index (Phi) is 1.51. The third-order valence-electron chi connectivity index (χ3n) is 4.94. The van der Waals surface area contributed by atoms with E-state index < -0.39 is 0 Å². The number of hydrogen-bond donors (Lipinski definition) is 1. The summed E-state index contributed by atoms with van der Waals surface area (Å²) in [5.41, 5.74) is 0.0852. The molecule has 1 aliphatic heterocycles. The normalized spacial score (nSPS) is 46.5. The first-order chi connectivity index (χ1) is 6.96. The number of amides is 2. The lowest BCUT2D eigenvalue weighted by molar-refractivity contribution is -0.174. The number of carbonyl (C=O) groups is 2. The quantitative estimate of drug-likeness (QED) is 0.479. The van der Waals surface area contributed by atoms with Crippen molar-refractivity contribution in [1.82, 2.24) is 5.06 Å². The standard InChI is InChI=1S/C11H15NO3/c1-11(2)5-3-4-6(11)8-7(5)9(13)12(15)10(8)14/h5-8,15H,3-4H2,1-2H3/t5-,6-,7+,8+/m0/s1. The maximum Gasteiger partial charge on any atom is 0.257 e. The molecule has 1 N–H and O–H groups in total. The maximum absolute atomic E-state index is 11.7. The fourth-order valence-electron chi connectivity index (χ4n) is 4.21. The highest BCUT2D eigenvalue weighted by atomic mass is 16.5. The Bertz CT molecular complexity index is 331. The molecule has 1 saturated heterocycles. The third-order valence-corrected chi connectivity index (χ3v) is 4.94. The molecule has 3 aliphatic rings. The molecule has 0 spiro atoms. The van der Waals surface area contributed by atoms with Gasteiger partial charge in [-0.15, -0.1) is 0 Å². The van der Waals surface area contributed by atoms with Crippen LogP contribution in [0.1, 0.15) is 26.7 Å². The van der Waals surface area contributed by atoms with Gasteiger partial charge in [-0.3, -0.25) is 14.8 Å². The van der Waals surface area contributed by atoms with Crippen LogP contribution >= 0.6 is 0 Å². The minimum Gasteiger partial charge on any atom is -0.278 e. The number of carbonyl (C=O) groups excluding carboxylic acids is 2. The molecule has 0 aromatic rings. The topological polar surface area (TPSA) is 57.6 Å². The molecule has 0 aromatic carbocycles. The molecule has 4 atom stereocenters. The van der Waals surface area contributed by atoms with E-state index >= 15 is 0 Å². The first-order valence-electron chi connectivity index (χ1n) is 5.53. The highest BCUT2D eigenvalue weighted by Gasteiger charge is 2.68. The summed E-state index contributed by atoms with van der Waals surface area (Å²) in [5.74, 6) is -0.662. The molecule has 0 unspecified atom stereocenters. The van der Waals surface area contributed by atoms with Gasteiger partial charge in [-0.05, 0) is 30.1 Å². The largest absolute Gasteiger partial charge is 0.278 e. The van der Waals surface area contributed by atoms with Gasteiger partial charge >= 0.3 is 0 Å².